The Balaban J connectivity index is 1.34. The monoisotopic (exact) mass is 588 g/mol. The standard InChI is InChI=1S/C46H36/c1-46(2,3)39-22-18-31(19-23-39)36-20-24-40-38(26-36)30-43(33-14-8-5-9-15-33)45-29-37(21-25-41(40)45)44-28-35-17-11-10-16-34(35)27-42(44)32-12-6-4-7-13-32/h4-30H,1-3H3. The summed E-state index contributed by atoms with van der Waals surface area (Å²) in [4.78, 5) is 0. The zero-order valence-electron chi connectivity index (χ0n) is 26.6. The molecule has 0 bridgehead atoms. The fourth-order valence-corrected chi connectivity index (χ4v) is 6.86. The summed E-state index contributed by atoms with van der Waals surface area (Å²) >= 11 is 0. The van der Waals surface area contributed by atoms with Crippen LogP contribution >= 0.6 is 0 Å². The zero-order valence-corrected chi connectivity index (χ0v) is 26.6. The van der Waals surface area contributed by atoms with Crippen LogP contribution < -0.4 is 0 Å². The van der Waals surface area contributed by atoms with Crippen molar-refractivity contribution >= 4 is 32.3 Å². The molecule has 0 N–H and O–H groups in total. The Morgan fingerprint density at radius 3 is 1.43 bits per heavy atom. The van der Waals surface area contributed by atoms with Crippen LogP contribution in [0.15, 0.2) is 164 Å². The molecule has 0 atom stereocenters. The molecule has 0 amide bonds. The summed E-state index contributed by atoms with van der Waals surface area (Å²) in [7, 11) is 0. The van der Waals surface area contributed by atoms with E-state index >= 15 is 0 Å². The van der Waals surface area contributed by atoms with Crippen molar-refractivity contribution in [2.75, 3.05) is 0 Å². The second kappa shape index (κ2) is 11.2. The van der Waals surface area contributed by atoms with Crippen molar-refractivity contribution in [1.29, 1.82) is 0 Å². The Kier molecular flexibility index (Phi) is 6.80. The Hall–Kier alpha value is -5.46. The lowest BCUT2D eigenvalue weighted by Crippen LogP contribution is -2.10. The van der Waals surface area contributed by atoms with E-state index in [4.69, 9.17) is 0 Å². The van der Waals surface area contributed by atoms with Gasteiger partial charge in [0.2, 0.25) is 0 Å². The maximum absolute atomic E-state index is 2.41. The van der Waals surface area contributed by atoms with Crippen LogP contribution in [0.5, 0.6) is 0 Å². The van der Waals surface area contributed by atoms with Gasteiger partial charge in [-0.05, 0) is 118 Å². The van der Waals surface area contributed by atoms with Crippen molar-refractivity contribution in [3.05, 3.63) is 169 Å². The molecule has 0 spiro atoms. The number of benzene rings is 8. The quantitative estimate of drug-likeness (QED) is 0.179. The molecule has 220 valence electrons. The van der Waals surface area contributed by atoms with Crippen LogP contribution in [0.1, 0.15) is 26.3 Å². The van der Waals surface area contributed by atoms with Crippen molar-refractivity contribution < 1.29 is 0 Å². The fraction of sp³-hybridized carbons (Fsp3) is 0.0870. The van der Waals surface area contributed by atoms with Crippen molar-refractivity contribution in [1.82, 2.24) is 0 Å². The largest absolute Gasteiger partial charge is 0.0622 e. The van der Waals surface area contributed by atoms with E-state index in [-0.39, 0.29) is 5.41 Å². The van der Waals surface area contributed by atoms with Gasteiger partial charge in [0.05, 0.1) is 0 Å². The maximum Gasteiger partial charge on any atom is -0.00928 e. The highest BCUT2D eigenvalue weighted by atomic mass is 14.2. The molecule has 8 aromatic carbocycles. The van der Waals surface area contributed by atoms with Gasteiger partial charge in [0.25, 0.3) is 0 Å². The smallest absolute Gasteiger partial charge is 0.00928 e. The van der Waals surface area contributed by atoms with Crippen LogP contribution in [0.4, 0.5) is 0 Å². The van der Waals surface area contributed by atoms with Crippen LogP contribution in [0.3, 0.4) is 0 Å². The van der Waals surface area contributed by atoms with Crippen LogP contribution in [0, 0.1) is 0 Å². The van der Waals surface area contributed by atoms with Crippen LogP contribution in [0.2, 0.25) is 0 Å². The van der Waals surface area contributed by atoms with E-state index in [9.17, 15) is 0 Å². The molecule has 8 aromatic rings. The summed E-state index contributed by atoms with van der Waals surface area (Å²) in [5.41, 5.74) is 11.4. The van der Waals surface area contributed by atoms with Gasteiger partial charge in [0.15, 0.2) is 0 Å². The molecular formula is C46H36. The van der Waals surface area contributed by atoms with E-state index in [1.54, 1.807) is 0 Å². The molecule has 8 rings (SSSR count). The van der Waals surface area contributed by atoms with Gasteiger partial charge in [-0.1, -0.05) is 154 Å². The molecular weight excluding hydrogens is 553 g/mol. The summed E-state index contributed by atoms with van der Waals surface area (Å²) < 4.78 is 0. The molecule has 0 saturated carbocycles. The second-order valence-electron chi connectivity index (χ2n) is 13.4. The molecule has 0 aliphatic heterocycles. The van der Waals surface area contributed by atoms with Gasteiger partial charge in [-0.15, -0.1) is 0 Å². The third-order valence-corrected chi connectivity index (χ3v) is 9.40. The van der Waals surface area contributed by atoms with Crippen LogP contribution in [-0.2, 0) is 5.41 Å². The maximum atomic E-state index is 2.41. The zero-order chi connectivity index (χ0) is 31.3. The van der Waals surface area contributed by atoms with E-state index < -0.39 is 0 Å². The van der Waals surface area contributed by atoms with E-state index in [1.165, 1.54) is 82.4 Å². The van der Waals surface area contributed by atoms with Crippen molar-refractivity contribution in [3.8, 4) is 44.5 Å². The highest BCUT2D eigenvalue weighted by Gasteiger charge is 2.16. The summed E-state index contributed by atoms with van der Waals surface area (Å²) in [6, 6.07) is 60.4. The summed E-state index contributed by atoms with van der Waals surface area (Å²) in [5, 5.41) is 7.58. The normalized spacial score (nSPS) is 11.8. The molecule has 0 aliphatic carbocycles. The lowest BCUT2D eigenvalue weighted by Gasteiger charge is -2.19. The summed E-state index contributed by atoms with van der Waals surface area (Å²) in [6.45, 7) is 6.80. The third kappa shape index (κ3) is 5.07. The first-order chi connectivity index (χ1) is 22.4. The fourth-order valence-electron chi connectivity index (χ4n) is 6.86. The van der Waals surface area contributed by atoms with E-state index in [0.29, 0.717) is 0 Å². The highest BCUT2D eigenvalue weighted by molar-refractivity contribution is 6.15. The summed E-state index contributed by atoms with van der Waals surface area (Å²) in [5.74, 6) is 0. The number of hydrogen-bond donors (Lipinski definition) is 0. The van der Waals surface area contributed by atoms with Gasteiger partial charge in [-0.3, -0.25) is 0 Å². The predicted octanol–water partition coefficient (Wildman–Crippen LogP) is 13.1. The Labute approximate surface area is 271 Å². The molecule has 0 aromatic heterocycles. The molecule has 0 aliphatic rings. The number of rotatable bonds is 4. The minimum Gasteiger partial charge on any atom is -0.0622 e. The molecule has 0 saturated heterocycles. The topological polar surface area (TPSA) is 0 Å². The van der Waals surface area contributed by atoms with Crippen LogP contribution in [-0.4, -0.2) is 0 Å². The van der Waals surface area contributed by atoms with E-state index in [2.05, 4.69) is 185 Å². The van der Waals surface area contributed by atoms with Gasteiger partial charge in [-0.25, -0.2) is 0 Å². The predicted molar refractivity (Wildman–Crippen MR) is 199 cm³/mol. The SMILES string of the molecule is CC(C)(C)c1ccc(-c2ccc3c(c2)cc(-c2ccccc2)c2cc(-c4cc5ccccc5cc4-c4ccccc4)ccc23)cc1. The first-order valence-electron chi connectivity index (χ1n) is 16.2. The van der Waals surface area contributed by atoms with Gasteiger partial charge in [-0.2, -0.15) is 0 Å². The summed E-state index contributed by atoms with van der Waals surface area (Å²) in [6.07, 6.45) is 0. The van der Waals surface area contributed by atoms with Crippen molar-refractivity contribution in [2.45, 2.75) is 26.2 Å². The first kappa shape index (κ1) is 28.0. The van der Waals surface area contributed by atoms with Crippen molar-refractivity contribution in [2.24, 2.45) is 0 Å². The minimum absolute atomic E-state index is 0.138. The lowest BCUT2D eigenvalue weighted by molar-refractivity contribution is 0.590. The van der Waals surface area contributed by atoms with Gasteiger partial charge in [0.1, 0.15) is 0 Å². The molecule has 0 heteroatoms. The second-order valence-corrected chi connectivity index (χ2v) is 13.4. The van der Waals surface area contributed by atoms with Crippen molar-refractivity contribution in [3.63, 3.8) is 0 Å². The average Bonchev–Trinajstić information content (AvgIpc) is 3.10. The number of fused-ring (bicyclic) bond motifs is 4. The van der Waals surface area contributed by atoms with E-state index in [1.807, 2.05) is 0 Å². The van der Waals surface area contributed by atoms with Gasteiger partial charge >= 0.3 is 0 Å². The molecule has 0 heterocycles. The Morgan fingerprint density at radius 1 is 0.304 bits per heavy atom. The van der Waals surface area contributed by atoms with Gasteiger partial charge in [0, 0.05) is 0 Å². The Morgan fingerprint density at radius 2 is 0.804 bits per heavy atom. The molecule has 0 unspecified atom stereocenters. The van der Waals surface area contributed by atoms with Crippen LogP contribution in [0.25, 0.3) is 76.8 Å². The molecule has 0 nitrogen and oxygen atoms in total. The molecule has 46 heavy (non-hydrogen) atoms. The lowest BCUT2D eigenvalue weighted by atomic mass is 9.85. The molecule has 0 fully saturated rings. The Bertz CT molecular complexity index is 2350. The average molecular weight is 589 g/mol. The minimum atomic E-state index is 0.138. The van der Waals surface area contributed by atoms with E-state index in [0.717, 1.165) is 0 Å². The van der Waals surface area contributed by atoms with Gasteiger partial charge < -0.3 is 0 Å². The number of hydrogen-bond acceptors (Lipinski definition) is 0. The highest BCUT2D eigenvalue weighted by Crippen LogP contribution is 2.41. The first-order valence-corrected chi connectivity index (χ1v) is 16.2. The molecule has 0 radical (unpaired) electrons. The third-order valence-electron chi connectivity index (χ3n) is 9.40.